The average Bonchev–Trinajstić information content (AvgIpc) is 2.42. The first-order chi connectivity index (χ1) is 9.08. The van der Waals surface area contributed by atoms with Crippen LogP contribution in [0, 0.1) is 19.1 Å². The lowest BCUT2D eigenvalue weighted by molar-refractivity contribution is -0.623. The zero-order valence-corrected chi connectivity index (χ0v) is 11.1. The smallest absolute Gasteiger partial charge is 0.218 e. The Bertz CT molecular complexity index is 530. The fourth-order valence-corrected chi connectivity index (χ4v) is 1.46. The second-order valence-electron chi connectivity index (χ2n) is 4.04. The zero-order valence-electron chi connectivity index (χ0n) is 11.1. The first-order valence-electron chi connectivity index (χ1n) is 5.90. The Labute approximate surface area is 112 Å². The van der Waals surface area contributed by atoms with E-state index in [1.165, 1.54) is 0 Å². The lowest BCUT2D eigenvalue weighted by Crippen LogP contribution is -2.34. The standard InChI is InChI=1S/C7H9NO2.C7H9NO/c1-6-3-2-4-7(5-9)8(6)10;1-6-3-2-4-7(5-9)8-6/h2-4,9H,5H2,1H3;2-4,9H,5H2,1H3. The molecule has 2 heterocycles. The largest absolute Gasteiger partial charge is 0.618 e. The molecule has 0 saturated heterocycles. The summed E-state index contributed by atoms with van der Waals surface area (Å²) in [6, 6.07) is 10.6. The van der Waals surface area contributed by atoms with E-state index in [1.807, 2.05) is 19.1 Å². The molecule has 0 unspecified atom stereocenters. The summed E-state index contributed by atoms with van der Waals surface area (Å²) < 4.78 is 0.722. The number of aromatic nitrogens is 2. The molecule has 0 saturated carbocycles. The van der Waals surface area contributed by atoms with Gasteiger partial charge in [0.05, 0.1) is 12.3 Å². The SMILES string of the molecule is Cc1cccc(CO)[n+]1[O-].Cc1cccc(CO)n1. The van der Waals surface area contributed by atoms with Gasteiger partial charge in [-0.2, -0.15) is 4.73 Å². The highest BCUT2D eigenvalue weighted by Gasteiger charge is 2.03. The van der Waals surface area contributed by atoms with Crippen LogP contribution in [0.3, 0.4) is 0 Å². The Morgan fingerprint density at radius 2 is 1.74 bits per heavy atom. The van der Waals surface area contributed by atoms with Gasteiger partial charge in [-0.3, -0.25) is 4.98 Å². The highest BCUT2D eigenvalue weighted by molar-refractivity contribution is 5.08. The minimum atomic E-state index is -0.203. The van der Waals surface area contributed by atoms with Gasteiger partial charge in [0.2, 0.25) is 5.69 Å². The molecule has 2 aromatic rings. The summed E-state index contributed by atoms with van der Waals surface area (Å²) in [6.07, 6.45) is 0. The predicted molar refractivity (Wildman–Crippen MR) is 71.0 cm³/mol. The average molecular weight is 262 g/mol. The molecule has 5 nitrogen and oxygen atoms in total. The van der Waals surface area contributed by atoms with E-state index < -0.39 is 0 Å². The third-order valence-electron chi connectivity index (χ3n) is 2.48. The van der Waals surface area contributed by atoms with E-state index in [0.717, 1.165) is 16.1 Å². The molecule has 0 bridgehead atoms. The van der Waals surface area contributed by atoms with Gasteiger partial charge in [-0.25, -0.2) is 0 Å². The first-order valence-corrected chi connectivity index (χ1v) is 5.90. The number of aliphatic hydroxyl groups is 2. The molecule has 102 valence electrons. The normalized spacial score (nSPS) is 9.68. The van der Waals surface area contributed by atoms with Crippen LogP contribution >= 0.6 is 0 Å². The van der Waals surface area contributed by atoms with Crippen molar-refractivity contribution in [2.75, 3.05) is 0 Å². The van der Waals surface area contributed by atoms with Gasteiger partial charge in [-0.1, -0.05) is 6.07 Å². The van der Waals surface area contributed by atoms with Crippen molar-refractivity contribution in [1.82, 2.24) is 4.98 Å². The van der Waals surface area contributed by atoms with Crippen molar-refractivity contribution < 1.29 is 14.9 Å². The topological polar surface area (TPSA) is 80.3 Å². The molecule has 0 aliphatic carbocycles. The molecule has 0 amide bonds. The van der Waals surface area contributed by atoms with Crippen LogP contribution in [0.2, 0.25) is 0 Å². The fourth-order valence-electron chi connectivity index (χ4n) is 1.46. The molecule has 0 aromatic carbocycles. The van der Waals surface area contributed by atoms with Crippen molar-refractivity contribution in [2.45, 2.75) is 27.1 Å². The van der Waals surface area contributed by atoms with Crippen LogP contribution in [-0.4, -0.2) is 15.2 Å². The molecule has 0 fully saturated rings. The number of hydrogen-bond acceptors (Lipinski definition) is 4. The number of hydrogen-bond donors (Lipinski definition) is 2. The Morgan fingerprint density at radius 1 is 1.05 bits per heavy atom. The van der Waals surface area contributed by atoms with Crippen LogP contribution in [0.15, 0.2) is 36.4 Å². The minimum Gasteiger partial charge on any atom is -0.618 e. The Morgan fingerprint density at radius 3 is 2.21 bits per heavy atom. The Balaban J connectivity index is 0.000000191. The summed E-state index contributed by atoms with van der Waals surface area (Å²) in [5.41, 5.74) is 2.67. The number of rotatable bonds is 2. The fraction of sp³-hybridized carbons (Fsp3) is 0.286. The number of pyridine rings is 2. The van der Waals surface area contributed by atoms with Gasteiger partial charge in [0, 0.05) is 24.8 Å². The summed E-state index contributed by atoms with van der Waals surface area (Å²) in [6.45, 7) is 3.43. The quantitative estimate of drug-likeness (QED) is 0.625. The summed E-state index contributed by atoms with van der Waals surface area (Å²) in [7, 11) is 0. The van der Waals surface area contributed by atoms with Crippen molar-refractivity contribution in [3.8, 4) is 0 Å². The van der Waals surface area contributed by atoms with E-state index in [2.05, 4.69) is 4.98 Å². The van der Waals surface area contributed by atoms with Gasteiger partial charge in [-0.05, 0) is 25.1 Å². The van der Waals surface area contributed by atoms with Crippen molar-refractivity contribution in [2.24, 2.45) is 0 Å². The predicted octanol–water partition coefficient (Wildman–Crippen LogP) is 1.00. The third-order valence-corrected chi connectivity index (χ3v) is 2.48. The second kappa shape index (κ2) is 7.45. The first kappa shape index (κ1) is 15.1. The maximum atomic E-state index is 11.0. The highest BCUT2D eigenvalue weighted by Crippen LogP contribution is 1.96. The van der Waals surface area contributed by atoms with Gasteiger partial charge in [0.25, 0.3) is 0 Å². The number of aliphatic hydroxyl groups excluding tert-OH is 2. The molecule has 0 aliphatic rings. The molecule has 2 N–H and O–H groups in total. The second-order valence-corrected chi connectivity index (χ2v) is 4.04. The summed E-state index contributed by atoms with van der Waals surface area (Å²) in [4.78, 5) is 4.04. The maximum absolute atomic E-state index is 11.0. The van der Waals surface area contributed by atoms with Gasteiger partial charge in [0.1, 0.15) is 6.61 Å². The minimum absolute atomic E-state index is 0.0294. The molecular formula is C14H18N2O3. The van der Waals surface area contributed by atoms with Crippen molar-refractivity contribution in [3.05, 3.63) is 64.4 Å². The number of aryl methyl sites for hydroxylation is 2. The van der Waals surface area contributed by atoms with Gasteiger partial charge < -0.3 is 15.4 Å². The van der Waals surface area contributed by atoms with Crippen LogP contribution in [0.1, 0.15) is 22.8 Å². The van der Waals surface area contributed by atoms with Crippen molar-refractivity contribution >= 4 is 0 Å². The molecule has 5 heteroatoms. The Hall–Kier alpha value is -1.98. The lowest BCUT2D eigenvalue weighted by atomic mass is 10.3. The molecule has 0 atom stereocenters. The van der Waals surface area contributed by atoms with E-state index in [9.17, 15) is 5.21 Å². The Kier molecular flexibility index (Phi) is 5.92. The summed E-state index contributed by atoms with van der Waals surface area (Å²) in [5, 5.41) is 28.2. The maximum Gasteiger partial charge on any atom is 0.218 e. The molecule has 2 rings (SSSR count). The van der Waals surface area contributed by atoms with Crippen LogP contribution in [-0.2, 0) is 13.2 Å². The van der Waals surface area contributed by atoms with Crippen LogP contribution in [0.4, 0.5) is 0 Å². The lowest BCUT2D eigenvalue weighted by Gasteiger charge is -2.02. The molecular weight excluding hydrogens is 244 g/mol. The van der Waals surface area contributed by atoms with E-state index in [-0.39, 0.29) is 13.2 Å². The van der Waals surface area contributed by atoms with E-state index >= 15 is 0 Å². The van der Waals surface area contributed by atoms with Gasteiger partial charge in [0.15, 0.2) is 5.69 Å². The molecule has 19 heavy (non-hydrogen) atoms. The highest BCUT2D eigenvalue weighted by atomic mass is 16.5. The van der Waals surface area contributed by atoms with E-state index in [4.69, 9.17) is 10.2 Å². The molecule has 0 radical (unpaired) electrons. The zero-order chi connectivity index (χ0) is 14.3. The van der Waals surface area contributed by atoms with Crippen molar-refractivity contribution in [1.29, 1.82) is 0 Å². The van der Waals surface area contributed by atoms with Crippen LogP contribution < -0.4 is 4.73 Å². The monoisotopic (exact) mass is 262 g/mol. The van der Waals surface area contributed by atoms with E-state index in [1.54, 1.807) is 31.2 Å². The van der Waals surface area contributed by atoms with E-state index in [0.29, 0.717) is 11.4 Å². The van der Waals surface area contributed by atoms with Gasteiger partial charge in [-0.15, -0.1) is 0 Å². The third kappa shape index (κ3) is 4.65. The molecule has 0 spiro atoms. The summed E-state index contributed by atoms with van der Waals surface area (Å²) >= 11 is 0. The summed E-state index contributed by atoms with van der Waals surface area (Å²) in [5.74, 6) is 0. The van der Waals surface area contributed by atoms with Crippen molar-refractivity contribution in [3.63, 3.8) is 0 Å². The van der Waals surface area contributed by atoms with Crippen LogP contribution in [0.25, 0.3) is 0 Å². The molecule has 2 aromatic heterocycles. The van der Waals surface area contributed by atoms with Crippen LogP contribution in [0.5, 0.6) is 0 Å². The van der Waals surface area contributed by atoms with Gasteiger partial charge >= 0.3 is 0 Å². The molecule has 0 aliphatic heterocycles. The number of nitrogens with zero attached hydrogens (tertiary/aromatic N) is 2.